The molecule has 3 aromatic carbocycles. The molecule has 4 aromatic rings. The highest BCUT2D eigenvalue weighted by molar-refractivity contribution is 5.98. The van der Waals surface area contributed by atoms with Crippen LogP contribution in [-0.4, -0.2) is 35.9 Å². The molecule has 180 valence electrons. The highest BCUT2D eigenvalue weighted by Gasteiger charge is 2.46. The third-order valence-corrected chi connectivity index (χ3v) is 7.01. The highest BCUT2D eigenvalue weighted by Crippen LogP contribution is 2.49. The number of benzene rings is 3. The average Bonchev–Trinajstić information content (AvgIpc) is 3.59. The number of rotatable bonds is 9. The Hall–Kier alpha value is -3.44. The summed E-state index contributed by atoms with van der Waals surface area (Å²) in [6.45, 7) is 6.15. The molecule has 1 saturated carbocycles. The van der Waals surface area contributed by atoms with Gasteiger partial charge in [0.15, 0.2) is 0 Å². The number of carbonyl (C=O) groups excluding carboxylic acids is 1. The van der Waals surface area contributed by atoms with E-state index in [0.717, 1.165) is 29.6 Å². The first-order chi connectivity index (χ1) is 17.1. The second-order valence-corrected chi connectivity index (χ2v) is 9.75. The van der Waals surface area contributed by atoms with Gasteiger partial charge in [-0.3, -0.25) is 9.48 Å². The first-order valence-electron chi connectivity index (χ1n) is 12.5. The van der Waals surface area contributed by atoms with E-state index in [1.807, 2.05) is 29.3 Å². The number of nitrogens with zero attached hydrogens (tertiary/aromatic N) is 3. The van der Waals surface area contributed by atoms with E-state index in [9.17, 15) is 4.79 Å². The van der Waals surface area contributed by atoms with Crippen molar-refractivity contribution in [1.82, 2.24) is 9.78 Å². The topological polar surface area (TPSA) is 47.4 Å². The smallest absolute Gasteiger partial charge is 0.230 e. The fraction of sp³-hybridized carbons (Fsp3) is 0.333. The second-order valence-electron chi connectivity index (χ2n) is 9.75. The Morgan fingerprint density at radius 3 is 2.63 bits per heavy atom. The Morgan fingerprint density at radius 1 is 1.09 bits per heavy atom. The molecule has 2 atom stereocenters. The lowest BCUT2D eigenvalue weighted by Gasteiger charge is -2.26. The third-order valence-electron chi connectivity index (χ3n) is 7.01. The molecule has 1 aliphatic carbocycles. The van der Waals surface area contributed by atoms with E-state index in [1.165, 1.54) is 16.7 Å². The van der Waals surface area contributed by atoms with Gasteiger partial charge in [-0.2, -0.15) is 5.10 Å². The lowest BCUT2D eigenvalue weighted by Crippen LogP contribution is -2.36. The molecule has 0 bridgehead atoms. The SMILES string of the molecule is COCCN(C(=O)[C@@H]1C[C@H]1c1ccc2cnn(Cc3ccccc3)c2c1)c1ccccc1C(C)C. The fourth-order valence-corrected chi connectivity index (χ4v) is 4.99. The molecule has 0 N–H and O–H groups in total. The van der Waals surface area contributed by atoms with Crippen LogP contribution in [0, 0.1) is 5.92 Å². The molecule has 0 aliphatic heterocycles. The zero-order valence-corrected chi connectivity index (χ0v) is 20.7. The van der Waals surface area contributed by atoms with Crippen molar-refractivity contribution in [3.8, 4) is 0 Å². The summed E-state index contributed by atoms with van der Waals surface area (Å²) in [6.07, 6.45) is 2.80. The Labute approximate surface area is 207 Å². The zero-order chi connectivity index (χ0) is 24.4. The van der Waals surface area contributed by atoms with E-state index in [1.54, 1.807) is 7.11 Å². The molecule has 0 radical (unpaired) electrons. The number of carbonyl (C=O) groups is 1. The van der Waals surface area contributed by atoms with E-state index in [0.29, 0.717) is 19.1 Å². The van der Waals surface area contributed by atoms with Crippen molar-refractivity contribution in [3.63, 3.8) is 0 Å². The van der Waals surface area contributed by atoms with E-state index >= 15 is 0 Å². The van der Waals surface area contributed by atoms with E-state index in [-0.39, 0.29) is 17.7 Å². The minimum Gasteiger partial charge on any atom is -0.383 e. The number of anilines is 1. The van der Waals surface area contributed by atoms with Crippen molar-refractivity contribution in [1.29, 1.82) is 0 Å². The van der Waals surface area contributed by atoms with Crippen molar-refractivity contribution in [2.24, 2.45) is 5.92 Å². The minimum absolute atomic E-state index is 0.00461. The van der Waals surface area contributed by atoms with E-state index in [2.05, 4.69) is 78.2 Å². The fourth-order valence-electron chi connectivity index (χ4n) is 4.99. The lowest BCUT2D eigenvalue weighted by molar-refractivity contribution is -0.120. The quantitative estimate of drug-likeness (QED) is 0.304. The van der Waals surface area contributed by atoms with Crippen LogP contribution in [0.2, 0.25) is 0 Å². The maximum absolute atomic E-state index is 13.7. The van der Waals surface area contributed by atoms with Crippen LogP contribution in [0.15, 0.2) is 79.0 Å². The monoisotopic (exact) mass is 467 g/mol. The highest BCUT2D eigenvalue weighted by atomic mass is 16.5. The molecular formula is C30H33N3O2. The van der Waals surface area contributed by atoms with Crippen LogP contribution in [-0.2, 0) is 16.1 Å². The number of aromatic nitrogens is 2. The summed E-state index contributed by atoms with van der Waals surface area (Å²) in [6, 6.07) is 25.2. The average molecular weight is 468 g/mol. The number of amides is 1. The molecule has 1 heterocycles. The molecule has 1 aromatic heterocycles. The van der Waals surface area contributed by atoms with E-state index < -0.39 is 0 Å². The van der Waals surface area contributed by atoms with Crippen LogP contribution in [0.25, 0.3) is 10.9 Å². The molecule has 5 nitrogen and oxygen atoms in total. The molecule has 1 amide bonds. The summed E-state index contributed by atoms with van der Waals surface area (Å²) in [5.74, 6) is 0.766. The zero-order valence-electron chi connectivity index (χ0n) is 20.7. The summed E-state index contributed by atoms with van der Waals surface area (Å²) in [5.41, 5.74) is 5.76. The summed E-state index contributed by atoms with van der Waals surface area (Å²) < 4.78 is 7.41. The minimum atomic E-state index is -0.00461. The van der Waals surface area contributed by atoms with Gasteiger partial charge in [0.25, 0.3) is 0 Å². The number of ether oxygens (including phenoxy) is 1. The van der Waals surface area contributed by atoms with Crippen molar-refractivity contribution >= 4 is 22.5 Å². The van der Waals surface area contributed by atoms with E-state index in [4.69, 9.17) is 4.74 Å². The van der Waals surface area contributed by atoms with Gasteiger partial charge in [-0.1, -0.05) is 74.5 Å². The molecule has 5 rings (SSSR count). The number of hydrogen-bond acceptors (Lipinski definition) is 3. The molecule has 0 saturated heterocycles. The molecule has 5 heteroatoms. The molecule has 1 fully saturated rings. The van der Waals surface area contributed by atoms with Gasteiger partial charge in [-0.05, 0) is 47.1 Å². The summed E-state index contributed by atoms with van der Waals surface area (Å²) in [4.78, 5) is 15.7. The van der Waals surface area contributed by atoms with Crippen molar-refractivity contribution in [2.75, 3.05) is 25.2 Å². The van der Waals surface area contributed by atoms with Gasteiger partial charge in [0.1, 0.15) is 0 Å². The Kier molecular flexibility index (Phi) is 6.69. The number of methoxy groups -OCH3 is 1. The van der Waals surface area contributed by atoms with Gasteiger partial charge in [-0.25, -0.2) is 0 Å². The van der Waals surface area contributed by atoms with Gasteiger partial charge >= 0.3 is 0 Å². The standard InChI is InChI=1S/C30H33N3O2/c1-21(2)25-11-7-8-12-28(25)32(15-16-35-3)30(34)27-18-26(27)23-13-14-24-19-31-33(29(24)17-23)20-22-9-5-4-6-10-22/h4-14,17,19,21,26-27H,15-16,18,20H2,1-3H3/t26-,27+/m0/s1. The molecule has 1 aliphatic rings. The van der Waals surface area contributed by atoms with Crippen LogP contribution in [0.1, 0.15) is 48.8 Å². The van der Waals surface area contributed by atoms with Crippen LogP contribution >= 0.6 is 0 Å². The number of fused-ring (bicyclic) bond motifs is 1. The van der Waals surface area contributed by atoms with Crippen LogP contribution < -0.4 is 4.90 Å². The normalized spacial score (nSPS) is 17.1. The van der Waals surface area contributed by atoms with Crippen LogP contribution in [0.5, 0.6) is 0 Å². The van der Waals surface area contributed by atoms with Crippen LogP contribution in [0.4, 0.5) is 5.69 Å². The molecule has 35 heavy (non-hydrogen) atoms. The number of hydrogen-bond donors (Lipinski definition) is 0. The predicted octanol–water partition coefficient (Wildman–Crippen LogP) is 5.99. The van der Waals surface area contributed by atoms with Gasteiger partial charge in [0.2, 0.25) is 5.91 Å². The summed E-state index contributed by atoms with van der Waals surface area (Å²) >= 11 is 0. The predicted molar refractivity (Wildman–Crippen MR) is 141 cm³/mol. The first-order valence-corrected chi connectivity index (χ1v) is 12.5. The Balaban J connectivity index is 1.39. The first kappa shape index (κ1) is 23.3. The molecular weight excluding hydrogens is 434 g/mol. The van der Waals surface area contributed by atoms with Crippen LogP contribution in [0.3, 0.4) is 0 Å². The largest absolute Gasteiger partial charge is 0.383 e. The lowest BCUT2D eigenvalue weighted by atomic mass is 10.00. The van der Waals surface area contributed by atoms with Crippen molar-refractivity contribution < 1.29 is 9.53 Å². The maximum atomic E-state index is 13.7. The summed E-state index contributed by atoms with van der Waals surface area (Å²) in [7, 11) is 1.69. The van der Waals surface area contributed by atoms with Crippen molar-refractivity contribution in [3.05, 3.63) is 95.7 Å². The van der Waals surface area contributed by atoms with Gasteiger partial charge in [-0.15, -0.1) is 0 Å². The molecule has 0 unspecified atom stereocenters. The summed E-state index contributed by atoms with van der Waals surface area (Å²) in [5, 5.41) is 5.75. The van der Waals surface area contributed by atoms with Gasteiger partial charge in [0.05, 0.1) is 24.9 Å². The Morgan fingerprint density at radius 2 is 1.86 bits per heavy atom. The third kappa shape index (κ3) is 4.87. The van der Waals surface area contributed by atoms with Gasteiger partial charge < -0.3 is 9.64 Å². The molecule has 0 spiro atoms. The maximum Gasteiger partial charge on any atom is 0.230 e. The second kappa shape index (κ2) is 10.0. The Bertz CT molecular complexity index is 1310. The van der Waals surface area contributed by atoms with Gasteiger partial charge in [0, 0.05) is 30.6 Å². The number of para-hydroxylation sites is 1. The van der Waals surface area contributed by atoms with Crippen molar-refractivity contribution in [2.45, 2.75) is 38.6 Å².